The summed E-state index contributed by atoms with van der Waals surface area (Å²) in [5, 5.41) is 3.50. The fourth-order valence-corrected chi connectivity index (χ4v) is 2.22. The van der Waals surface area contributed by atoms with Gasteiger partial charge in [-0.2, -0.15) is 0 Å². The molecule has 1 N–H and O–H groups in total. The van der Waals surface area contributed by atoms with Crippen LogP contribution in [0.25, 0.3) is 0 Å². The van der Waals surface area contributed by atoms with E-state index in [1.807, 2.05) is 25.4 Å². The second-order valence-corrected chi connectivity index (χ2v) is 4.55. The highest BCUT2D eigenvalue weighted by atomic mass is 16.3. The molecule has 3 heteroatoms. The minimum absolute atomic E-state index is 0.200. The first kappa shape index (κ1) is 12.8. The van der Waals surface area contributed by atoms with Gasteiger partial charge in [0.05, 0.1) is 6.04 Å². The second kappa shape index (κ2) is 5.83. The maximum absolute atomic E-state index is 5.76. The molecule has 0 aliphatic heterocycles. The first-order chi connectivity index (χ1) is 8.72. The fourth-order valence-electron chi connectivity index (χ4n) is 2.22. The van der Waals surface area contributed by atoms with Crippen molar-refractivity contribution in [1.82, 2.24) is 10.3 Å². The van der Waals surface area contributed by atoms with E-state index in [-0.39, 0.29) is 6.04 Å². The molecule has 0 aliphatic rings. The number of likely N-dealkylation sites (N-methyl/N-ethyl adjacent to an activating group) is 1. The molecule has 18 heavy (non-hydrogen) atoms. The van der Waals surface area contributed by atoms with Crippen molar-refractivity contribution < 1.29 is 4.42 Å². The van der Waals surface area contributed by atoms with E-state index < -0.39 is 0 Å². The minimum atomic E-state index is 0.200. The third-order valence-corrected chi connectivity index (χ3v) is 3.22. The molecule has 2 heterocycles. The van der Waals surface area contributed by atoms with Gasteiger partial charge in [-0.05, 0) is 43.3 Å². The smallest absolute Gasteiger partial charge is 0.121 e. The lowest BCUT2D eigenvalue weighted by Gasteiger charge is -2.23. The van der Waals surface area contributed by atoms with E-state index in [4.69, 9.17) is 4.42 Å². The fraction of sp³-hybridized carbons (Fsp3) is 0.400. The highest BCUT2D eigenvalue weighted by Gasteiger charge is 2.22. The van der Waals surface area contributed by atoms with Crippen LogP contribution in [0.2, 0.25) is 0 Å². The first-order valence-electron chi connectivity index (χ1n) is 6.42. The summed E-state index contributed by atoms with van der Waals surface area (Å²) >= 11 is 0. The zero-order chi connectivity index (χ0) is 13.0. The number of aromatic nitrogens is 1. The van der Waals surface area contributed by atoms with Crippen LogP contribution in [0.3, 0.4) is 0 Å². The summed E-state index contributed by atoms with van der Waals surface area (Å²) in [7, 11) is 0. The average Bonchev–Trinajstić information content (AvgIpc) is 2.82. The largest absolute Gasteiger partial charge is 0.465 e. The van der Waals surface area contributed by atoms with Crippen LogP contribution in [-0.4, -0.2) is 11.5 Å². The summed E-state index contributed by atoms with van der Waals surface area (Å²) in [4.78, 5) is 4.07. The van der Waals surface area contributed by atoms with Gasteiger partial charge in [-0.3, -0.25) is 4.98 Å². The van der Waals surface area contributed by atoms with E-state index in [0.717, 1.165) is 18.1 Å². The number of nitrogens with one attached hydrogen (secondary N) is 1. The van der Waals surface area contributed by atoms with Gasteiger partial charge >= 0.3 is 0 Å². The van der Waals surface area contributed by atoms with E-state index in [1.165, 1.54) is 5.56 Å². The normalized spacial score (nSPS) is 14.4. The predicted octanol–water partition coefficient (Wildman–Crippen LogP) is 3.44. The topological polar surface area (TPSA) is 38.1 Å². The van der Waals surface area contributed by atoms with E-state index in [2.05, 4.69) is 42.3 Å². The molecule has 2 unspecified atom stereocenters. The average molecular weight is 244 g/mol. The summed E-state index contributed by atoms with van der Waals surface area (Å²) < 4.78 is 5.76. The summed E-state index contributed by atoms with van der Waals surface area (Å²) in [6.07, 6.45) is 3.67. The molecule has 0 radical (unpaired) electrons. The van der Waals surface area contributed by atoms with Gasteiger partial charge in [0.15, 0.2) is 0 Å². The Hall–Kier alpha value is -1.61. The number of pyridine rings is 1. The van der Waals surface area contributed by atoms with Crippen molar-refractivity contribution in [1.29, 1.82) is 0 Å². The van der Waals surface area contributed by atoms with Gasteiger partial charge in [0.1, 0.15) is 11.5 Å². The Morgan fingerprint density at radius 3 is 2.50 bits per heavy atom. The minimum Gasteiger partial charge on any atom is -0.465 e. The van der Waals surface area contributed by atoms with Crippen molar-refractivity contribution in [3.63, 3.8) is 0 Å². The molecule has 0 bridgehead atoms. The molecule has 0 spiro atoms. The molecule has 0 aliphatic carbocycles. The second-order valence-electron chi connectivity index (χ2n) is 4.55. The maximum atomic E-state index is 5.76. The highest BCUT2D eigenvalue weighted by Crippen LogP contribution is 2.31. The molecule has 2 aromatic rings. The lowest BCUT2D eigenvalue weighted by atomic mass is 9.92. The number of hydrogen-bond acceptors (Lipinski definition) is 3. The Balaban J connectivity index is 2.25. The van der Waals surface area contributed by atoms with Crippen LogP contribution < -0.4 is 5.32 Å². The Morgan fingerprint density at radius 1 is 1.22 bits per heavy atom. The SMILES string of the molecule is CCNC(c1ccc(C)o1)C(C)c1ccncc1. The van der Waals surface area contributed by atoms with Crippen molar-refractivity contribution in [3.8, 4) is 0 Å². The van der Waals surface area contributed by atoms with Gasteiger partial charge in [-0.1, -0.05) is 13.8 Å². The Labute approximate surface area is 108 Å². The third-order valence-electron chi connectivity index (χ3n) is 3.22. The zero-order valence-corrected chi connectivity index (χ0v) is 11.2. The summed E-state index contributed by atoms with van der Waals surface area (Å²) in [6, 6.07) is 8.39. The van der Waals surface area contributed by atoms with Crippen molar-refractivity contribution in [3.05, 3.63) is 53.7 Å². The summed E-state index contributed by atoms with van der Waals surface area (Å²) in [5.74, 6) is 2.30. The number of furan rings is 1. The molecule has 0 fully saturated rings. The Bertz CT molecular complexity index is 478. The molecule has 2 atom stereocenters. The van der Waals surface area contributed by atoms with Gasteiger partial charge in [0, 0.05) is 18.3 Å². The quantitative estimate of drug-likeness (QED) is 0.875. The molecular formula is C15H20N2O. The van der Waals surface area contributed by atoms with Crippen LogP contribution in [0.5, 0.6) is 0 Å². The van der Waals surface area contributed by atoms with Crippen molar-refractivity contribution in [2.75, 3.05) is 6.54 Å². The lowest BCUT2D eigenvalue weighted by molar-refractivity contribution is 0.372. The molecule has 0 aromatic carbocycles. The predicted molar refractivity (Wildman–Crippen MR) is 72.5 cm³/mol. The number of aryl methyl sites for hydroxylation is 1. The van der Waals surface area contributed by atoms with E-state index >= 15 is 0 Å². The molecular weight excluding hydrogens is 224 g/mol. The Morgan fingerprint density at radius 2 is 1.94 bits per heavy atom. The van der Waals surface area contributed by atoms with Crippen LogP contribution in [0.15, 0.2) is 41.1 Å². The standard InChI is InChI=1S/C15H20N2O/c1-4-17-15(14-6-5-11(2)18-14)12(3)13-7-9-16-10-8-13/h5-10,12,15,17H,4H2,1-3H3. The van der Waals surface area contributed by atoms with Crippen LogP contribution in [0, 0.1) is 6.92 Å². The van der Waals surface area contributed by atoms with E-state index in [9.17, 15) is 0 Å². The van der Waals surface area contributed by atoms with E-state index in [0.29, 0.717) is 5.92 Å². The molecule has 2 rings (SSSR count). The van der Waals surface area contributed by atoms with Gasteiger partial charge in [-0.25, -0.2) is 0 Å². The van der Waals surface area contributed by atoms with Crippen molar-refractivity contribution in [2.45, 2.75) is 32.7 Å². The number of hydrogen-bond donors (Lipinski definition) is 1. The molecule has 0 amide bonds. The molecule has 3 nitrogen and oxygen atoms in total. The van der Waals surface area contributed by atoms with E-state index in [1.54, 1.807) is 0 Å². The molecule has 96 valence electrons. The molecule has 2 aromatic heterocycles. The van der Waals surface area contributed by atoms with Gasteiger partial charge in [0.2, 0.25) is 0 Å². The van der Waals surface area contributed by atoms with Gasteiger partial charge < -0.3 is 9.73 Å². The van der Waals surface area contributed by atoms with Gasteiger partial charge in [-0.15, -0.1) is 0 Å². The summed E-state index contributed by atoms with van der Waals surface area (Å²) in [6.45, 7) is 7.21. The molecule has 0 saturated heterocycles. The van der Waals surface area contributed by atoms with Crippen LogP contribution in [0.1, 0.15) is 42.9 Å². The van der Waals surface area contributed by atoms with Gasteiger partial charge in [0.25, 0.3) is 0 Å². The third kappa shape index (κ3) is 2.79. The van der Waals surface area contributed by atoms with Crippen LogP contribution in [-0.2, 0) is 0 Å². The monoisotopic (exact) mass is 244 g/mol. The Kier molecular flexibility index (Phi) is 4.15. The highest BCUT2D eigenvalue weighted by molar-refractivity contribution is 5.21. The van der Waals surface area contributed by atoms with Crippen molar-refractivity contribution in [2.24, 2.45) is 0 Å². The van der Waals surface area contributed by atoms with Crippen LogP contribution >= 0.6 is 0 Å². The first-order valence-corrected chi connectivity index (χ1v) is 6.42. The lowest BCUT2D eigenvalue weighted by Crippen LogP contribution is -2.25. The summed E-state index contributed by atoms with van der Waals surface area (Å²) in [5.41, 5.74) is 1.27. The number of rotatable bonds is 5. The zero-order valence-electron chi connectivity index (χ0n) is 11.2. The van der Waals surface area contributed by atoms with Crippen LogP contribution in [0.4, 0.5) is 0 Å². The van der Waals surface area contributed by atoms with Crippen molar-refractivity contribution >= 4 is 0 Å². The molecule has 0 saturated carbocycles. The maximum Gasteiger partial charge on any atom is 0.121 e. The number of nitrogens with zero attached hydrogens (tertiary/aromatic N) is 1.